The van der Waals surface area contributed by atoms with Gasteiger partial charge in [-0.2, -0.15) is 0 Å². The van der Waals surface area contributed by atoms with E-state index in [1.54, 1.807) is 19.2 Å². The van der Waals surface area contributed by atoms with Gasteiger partial charge in [0.1, 0.15) is 12.4 Å². The maximum Gasteiger partial charge on any atom is 0.122 e. The molecule has 0 aliphatic carbocycles. The van der Waals surface area contributed by atoms with Crippen molar-refractivity contribution in [1.29, 1.82) is 0 Å². The average molecular weight is 249 g/mol. The maximum absolute atomic E-state index is 6.05. The lowest BCUT2D eigenvalue weighted by Gasteiger charge is -2.09. The van der Waals surface area contributed by atoms with Crippen LogP contribution in [-0.4, -0.2) is 20.3 Å². The van der Waals surface area contributed by atoms with Crippen molar-refractivity contribution in [3.63, 3.8) is 0 Å². The van der Waals surface area contributed by atoms with Gasteiger partial charge in [0.05, 0.1) is 6.61 Å². The summed E-state index contributed by atoms with van der Waals surface area (Å²) in [4.78, 5) is 0. The van der Waals surface area contributed by atoms with Crippen LogP contribution in [-0.2, 0) is 11.2 Å². The Kier molecular flexibility index (Phi) is 5.23. The van der Waals surface area contributed by atoms with E-state index in [4.69, 9.17) is 32.7 Å². The van der Waals surface area contributed by atoms with Crippen LogP contribution < -0.4 is 4.74 Å². The molecule has 0 aliphatic rings. The van der Waals surface area contributed by atoms with E-state index in [1.165, 1.54) is 0 Å². The molecule has 0 unspecified atom stereocenters. The first kappa shape index (κ1) is 12.6. The molecule has 0 aliphatic heterocycles. The number of rotatable bonds is 5. The molecule has 0 atom stereocenters. The van der Waals surface area contributed by atoms with Crippen LogP contribution in [0.25, 0.3) is 0 Å². The molecule has 0 spiro atoms. The Balaban J connectivity index is 2.75. The highest BCUT2D eigenvalue weighted by Crippen LogP contribution is 2.30. The maximum atomic E-state index is 6.05. The minimum Gasteiger partial charge on any atom is -0.491 e. The third kappa shape index (κ3) is 3.56. The first-order chi connectivity index (χ1) is 7.19. The monoisotopic (exact) mass is 248 g/mol. The summed E-state index contributed by atoms with van der Waals surface area (Å²) in [5.74, 6) is 0.680. The van der Waals surface area contributed by atoms with E-state index in [0.717, 1.165) is 12.0 Å². The molecule has 84 valence electrons. The minimum absolute atomic E-state index is 0.495. The normalized spacial score (nSPS) is 10.4. The molecule has 0 saturated heterocycles. The molecule has 0 aromatic heterocycles. The fourth-order valence-electron chi connectivity index (χ4n) is 1.24. The van der Waals surface area contributed by atoms with Gasteiger partial charge in [-0.1, -0.05) is 30.1 Å². The number of hydrogen-bond donors (Lipinski definition) is 0. The first-order valence-corrected chi connectivity index (χ1v) is 5.54. The lowest BCUT2D eigenvalue weighted by atomic mass is 10.1. The Labute approximate surface area is 100 Å². The Bertz CT molecular complexity index is 303. The summed E-state index contributed by atoms with van der Waals surface area (Å²) in [6.07, 6.45) is 0.815. The molecule has 0 radical (unpaired) electrons. The van der Waals surface area contributed by atoms with Crippen molar-refractivity contribution in [2.75, 3.05) is 20.3 Å². The van der Waals surface area contributed by atoms with Gasteiger partial charge in [0.2, 0.25) is 0 Å². The fourth-order valence-corrected chi connectivity index (χ4v) is 1.98. The summed E-state index contributed by atoms with van der Waals surface area (Å²) >= 11 is 12.1. The van der Waals surface area contributed by atoms with Gasteiger partial charge in [0, 0.05) is 17.2 Å². The van der Waals surface area contributed by atoms with E-state index in [1.807, 2.05) is 6.92 Å². The second-order valence-corrected chi connectivity index (χ2v) is 3.87. The highest BCUT2D eigenvalue weighted by molar-refractivity contribution is 6.36. The summed E-state index contributed by atoms with van der Waals surface area (Å²) < 4.78 is 10.3. The van der Waals surface area contributed by atoms with Crippen molar-refractivity contribution in [2.45, 2.75) is 13.3 Å². The molecule has 0 saturated carbocycles. The molecule has 2 nitrogen and oxygen atoms in total. The molecule has 1 aromatic rings. The van der Waals surface area contributed by atoms with Crippen molar-refractivity contribution in [3.05, 3.63) is 27.7 Å². The molecule has 1 aromatic carbocycles. The average Bonchev–Trinajstić information content (AvgIpc) is 2.18. The third-order valence-corrected chi connectivity index (χ3v) is 2.70. The van der Waals surface area contributed by atoms with Gasteiger partial charge in [-0.05, 0) is 24.1 Å². The van der Waals surface area contributed by atoms with Crippen LogP contribution in [0.2, 0.25) is 10.0 Å². The summed E-state index contributed by atoms with van der Waals surface area (Å²) in [6, 6.07) is 3.56. The van der Waals surface area contributed by atoms with Gasteiger partial charge in [-0.15, -0.1) is 0 Å². The predicted molar refractivity (Wildman–Crippen MR) is 63.2 cm³/mol. The standard InChI is InChI=1S/C11H14Cl2O2/c1-3-9-10(12)6-8(7-11(9)13)15-5-4-14-2/h6-7H,3-5H2,1-2H3. The molecule has 1 rings (SSSR count). The van der Waals surface area contributed by atoms with Crippen molar-refractivity contribution in [1.82, 2.24) is 0 Å². The van der Waals surface area contributed by atoms with Crippen molar-refractivity contribution in [2.24, 2.45) is 0 Å². The molecule has 0 N–H and O–H groups in total. The van der Waals surface area contributed by atoms with Gasteiger partial charge < -0.3 is 9.47 Å². The third-order valence-electron chi connectivity index (χ3n) is 2.02. The Morgan fingerprint density at radius 1 is 1.13 bits per heavy atom. The summed E-state index contributed by atoms with van der Waals surface area (Å²) in [5, 5.41) is 1.30. The van der Waals surface area contributed by atoms with E-state index in [2.05, 4.69) is 0 Å². The largest absolute Gasteiger partial charge is 0.491 e. The Hall–Kier alpha value is -0.440. The van der Waals surface area contributed by atoms with Crippen molar-refractivity contribution < 1.29 is 9.47 Å². The lowest BCUT2D eigenvalue weighted by Crippen LogP contribution is -2.04. The van der Waals surface area contributed by atoms with Crippen molar-refractivity contribution >= 4 is 23.2 Å². The molecule has 0 bridgehead atoms. The molecular formula is C11H14Cl2O2. The number of halogens is 2. The van der Waals surface area contributed by atoms with Gasteiger partial charge in [-0.25, -0.2) is 0 Å². The second-order valence-electron chi connectivity index (χ2n) is 3.06. The van der Waals surface area contributed by atoms with Gasteiger partial charge in [0.15, 0.2) is 0 Å². The van der Waals surface area contributed by atoms with Crippen LogP contribution in [0.15, 0.2) is 12.1 Å². The van der Waals surface area contributed by atoms with E-state index >= 15 is 0 Å². The van der Waals surface area contributed by atoms with Crippen molar-refractivity contribution in [3.8, 4) is 5.75 Å². The van der Waals surface area contributed by atoms with E-state index in [9.17, 15) is 0 Å². The molecule has 15 heavy (non-hydrogen) atoms. The highest BCUT2D eigenvalue weighted by atomic mass is 35.5. The van der Waals surface area contributed by atoms with Crippen LogP contribution in [0.1, 0.15) is 12.5 Å². The van der Waals surface area contributed by atoms with Crippen LogP contribution in [0.4, 0.5) is 0 Å². The zero-order valence-corrected chi connectivity index (χ0v) is 10.4. The second kappa shape index (κ2) is 6.21. The number of hydrogen-bond acceptors (Lipinski definition) is 2. The Morgan fingerprint density at radius 2 is 1.73 bits per heavy atom. The summed E-state index contributed by atoms with van der Waals surface area (Å²) in [6.45, 7) is 3.05. The van der Waals surface area contributed by atoms with Gasteiger partial charge >= 0.3 is 0 Å². The van der Waals surface area contributed by atoms with Crippen LogP contribution >= 0.6 is 23.2 Å². The zero-order valence-electron chi connectivity index (χ0n) is 8.85. The summed E-state index contributed by atoms with van der Waals surface area (Å²) in [5.41, 5.74) is 0.956. The molecule has 4 heteroatoms. The first-order valence-electron chi connectivity index (χ1n) is 4.78. The van der Waals surface area contributed by atoms with E-state index in [-0.39, 0.29) is 0 Å². The Morgan fingerprint density at radius 3 is 2.20 bits per heavy atom. The quantitative estimate of drug-likeness (QED) is 0.742. The summed E-state index contributed by atoms with van der Waals surface area (Å²) in [7, 11) is 1.63. The zero-order chi connectivity index (χ0) is 11.3. The minimum atomic E-state index is 0.495. The van der Waals surface area contributed by atoms with E-state index in [0.29, 0.717) is 29.0 Å². The molecular weight excluding hydrogens is 235 g/mol. The highest BCUT2D eigenvalue weighted by Gasteiger charge is 2.06. The lowest BCUT2D eigenvalue weighted by molar-refractivity contribution is 0.146. The SMILES string of the molecule is CCc1c(Cl)cc(OCCOC)cc1Cl. The number of ether oxygens (including phenoxy) is 2. The van der Waals surface area contributed by atoms with Crippen LogP contribution in [0.5, 0.6) is 5.75 Å². The number of benzene rings is 1. The van der Waals surface area contributed by atoms with Crippen LogP contribution in [0, 0.1) is 0 Å². The fraction of sp³-hybridized carbons (Fsp3) is 0.455. The smallest absolute Gasteiger partial charge is 0.122 e. The number of methoxy groups -OCH3 is 1. The molecule has 0 heterocycles. The van der Waals surface area contributed by atoms with Gasteiger partial charge in [-0.3, -0.25) is 0 Å². The predicted octanol–water partition coefficient (Wildman–Crippen LogP) is 3.58. The molecule has 0 fully saturated rings. The van der Waals surface area contributed by atoms with Crippen LogP contribution in [0.3, 0.4) is 0 Å². The topological polar surface area (TPSA) is 18.5 Å². The van der Waals surface area contributed by atoms with Gasteiger partial charge in [0.25, 0.3) is 0 Å². The van der Waals surface area contributed by atoms with E-state index < -0.39 is 0 Å². The molecule has 0 amide bonds.